The van der Waals surface area contributed by atoms with Gasteiger partial charge in [0.15, 0.2) is 5.75 Å². The predicted octanol–water partition coefficient (Wildman–Crippen LogP) is 3.46. The van der Waals surface area contributed by atoms with Crippen LogP contribution in [0.15, 0.2) is 54.6 Å². The van der Waals surface area contributed by atoms with E-state index in [1.807, 2.05) is 18.2 Å². The molecule has 0 unspecified atom stereocenters. The van der Waals surface area contributed by atoms with Crippen molar-refractivity contribution in [1.82, 2.24) is 9.80 Å². The second-order valence-electron chi connectivity index (χ2n) is 6.78. The second-order valence-corrected chi connectivity index (χ2v) is 6.78. The molecule has 3 rings (SSSR count). The third-order valence-corrected chi connectivity index (χ3v) is 4.84. The SMILES string of the molecule is CCOc1ccc(C(=O)N2CCN(C/C=C/c3ccccc3)CC2)cc1[N+](=O)[O-]. The molecule has 29 heavy (non-hydrogen) atoms. The summed E-state index contributed by atoms with van der Waals surface area (Å²) in [6, 6.07) is 14.5. The molecule has 0 radical (unpaired) electrons. The van der Waals surface area contributed by atoms with Crippen LogP contribution in [0.2, 0.25) is 0 Å². The first kappa shape index (κ1) is 20.5. The predicted molar refractivity (Wildman–Crippen MR) is 112 cm³/mol. The van der Waals surface area contributed by atoms with Gasteiger partial charge in [0.05, 0.1) is 11.5 Å². The third kappa shape index (κ3) is 5.42. The van der Waals surface area contributed by atoms with Gasteiger partial charge in [-0.05, 0) is 24.6 Å². The Morgan fingerprint density at radius 2 is 1.86 bits per heavy atom. The molecule has 7 nitrogen and oxygen atoms in total. The number of piperazine rings is 1. The fraction of sp³-hybridized carbons (Fsp3) is 0.318. The van der Waals surface area contributed by atoms with Gasteiger partial charge in [0.25, 0.3) is 5.91 Å². The van der Waals surface area contributed by atoms with Crippen molar-refractivity contribution in [2.24, 2.45) is 0 Å². The van der Waals surface area contributed by atoms with Crippen LogP contribution >= 0.6 is 0 Å². The van der Waals surface area contributed by atoms with Crippen LogP contribution in [0, 0.1) is 10.1 Å². The summed E-state index contributed by atoms with van der Waals surface area (Å²) in [5.74, 6) is -0.000279. The van der Waals surface area contributed by atoms with E-state index < -0.39 is 4.92 Å². The van der Waals surface area contributed by atoms with E-state index in [-0.39, 0.29) is 17.3 Å². The molecule has 0 saturated carbocycles. The van der Waals surface area contributed by atoms with Crippen molar-refractivity contribution in [1.29, 1.82) is 0 Å². The van der Waals surface area contributed by atoms with Crippen LogP contribution in [0.3, 0.4) is 0 Å². The summed E-state index contributed by atoms with van der Waals surface area (Å²) in [5, 5.41) is 11.3. The van der Waals surface area contributed by atoms with Crippen LogP contribution in [0.4, 0.5) is 5.69 Å². The van der Waals surface area contributed by atoms with Crippen LogP contribution in [0.5, 0.6) is 5.75 Å². The number of ether oxygens (including phenoxy) is 1. The lowest BCUT2D eigenvalue weighted by Gasteiger charge is -2.34. The number of carbonyl (C=O) groups is 1. The number of hydrogen-bond donors (Lipinski definition) is 0. The molecule has 0 bridgehead atoms. The highest BCUT2D eigenvalue weighted by atomic mass is 16.6. The molecule has 1 fully saturated rings. The van der Waals surface area contributed by atoms with Crippen molar-refractivity contribution in [3.8, 4) is 5.75 Å². The Balaban J connectivity index is 1.56. The van der Waals surface area contributed by atoms with Crippen LogP contribution in [0.25, 0.3) is 6.08 Å². The number of nitrogens with zero attached hydrogens (tertiary/aromatic N) is 3. The van der Waals surface area contributed by atoms with Gasteiger partial charge in [0.2, 0.25) is 0 Å². The Morgan fingerprint density at radius 1 is 1.14 bits per heavy atom. The summed E-state index contributed by atoms with van der Waals surface area (Å²) in [7, 11) is 0. The first-order chi connectivity index (χ1) is 14.1. The van der Waals surface area contributed by atoms with Crippen LogP contribution in [-0.4, -0.2) is 60.0 Å². The first-order valence-electron chi connectivity index (χ1n) is 9.73. The van der Waals surface area contributed by atoms with E-state index in [1.165, 1.54) is 17.7 Å². The molecule has 0 spiro atoms. The fourth-order valence-electron chi connectivity index (χ4n) is 3.29. The Bertz CT molecular complexity index is 875. The maximum Gasteiger partial charge on any atom is 0.311 e. The van der Waals surface area contributed by atoms with E-state index in [4.69, 9.17) is 4.74 Å². The molecular weight excluding hydrogens is 370 g/mol. The van der Waals surface area contributed by atoms with Gasteiger partial charge in [-0.25, -0.2) is 0 Å². The highest BCUT2D eigenvalue weighted by molar-refractivity contribution is 5.95. The van der Waals surface area contributed by atoms with Gasteiger partial charge in [-0.1, -0.05) is 42.5 Å². The zero-order chi connectivity index (χ0) is 20.6. The quantitative estimate of drug-likeness (QED) is 0.530. The van der Waals surface area contributed by atoms with Gasteiger partial charge < -0.3 is 9.64 Å². The summed E-state index contributed by atoms with van der Waals surface area (Å²) in [5.41, 5.74) is 1.30. The van der Waals surface area contributed by atoms with Crippen LogP contribution < -0.4 is 4.74 Å². The number of nitro benzene ring substituents is 1. The summed E-state index contributed by atoms with van der Waals surface area (Å²) in [6.45, 7) is 5.64. The molecule has 1 aliphatic heterocycles. The van der Waals surface area contributed by atoms with Crippen molar-refractivity contribution in [2.75, 3.05) is 39.3 Å². The summed E-state index contributed by atoms with van der Waals surface area (Å²) >= 11 is 0. The van der Waals surface area contributed by atoms with E-state index in [9.17, 15) is 14.9 Å². The molecule has 0 aromatic heterocycles. The highest BCUT2D eigenvalue weighted by Crippen LogP contribution is 2.28. The van der Waals surface area contributed by atoms with Crippen LogP contribution in [-0.2, 0) is 0 Å². The lowest BCUT2D eigenvalue weighted by Crippen LogP contribution is -2.48. The zero-order valence-electron chi connectivity index (χ0n) is 16.5. The maximum absolute atomic E-state index is 12.8. The molecule has 152 valence electrons. The number of nitro groups is 1. The van der Waals surface area contributed by atoms with Crippen molar-refractivity contribution < 1.29 is 14.5 Å². The largest absolute Gasteiger partial charge is 0.487 e. The molecule has 0 atom stereocenters. The summed E-state index contributed by atoms with van der Waals surface area (Å²) < 4.78 is 5.28. The van der Waals surface area contributed by atoms with Crippen LogP contribution in [0.1, 0.15) is 22.8 Å². The molecule has 0 aliphatic carbocycles. The van der Waals surface area contributed by atoms with Gasteiger partial charge in [-0.15, -0.1) is 0 Å². The van der Waals surface area contributed by atoms with Gasteiger partial charge >= 0.3 is 5.69 Å². The third-order valence-electron chi connectivity index (χ3n) is 4.84. The number of rotatable bonds is 7. The van der Waals surface area contributed by atoms with E-state index >= 15 is 0 Å². The average molecular weight is 395 g/mol. The average Bonchev–Trinajstić information content (AvgIpc) is 2.75. The highest BCUT2D eigenvalue weighted by Gasteiger charge is 2.24. The zero-order valence-corrected chi connectivity index (χ0v) is 16.5. The fourth-order valence-corrected chi connectivity index (χ4v) is 3.29. The lowest BCUT2D eigenvalue weighted by atomic mass is 10.1. The molecule has 1 saturated heterocycles. The molecule has 2 aromatic carbocycles. The monoisotopic (exact) mass is 395 g/mol. The Morgan fingerprint density at radius 3 is 2.52 bits per heavy atom. The minimum absolute atomic E-state index is 0.178. The van der Waals surface area contributed by atoms with E-state index in [1.54, 1.807) is 17.9 Å². The van der Waals surface area contributed by atoms with Crippen molar-refractivity contribution in [2.45, 2.75) is 6.92 Å². The standard InChI is InChI=1S/C22H25N3O4/c1-2-29-21-11-10-19(17-20(21)25(27)28)22(26)24-15-13-23(14-16-24)12-6-9-18-7-4-3-5-8-18/h3-11,17H,2,12-16H2,1H3/b9-6+. The van der Waals surface area contributed by atoms with Gasteiger partial charge in [-0.3, -0.25) is 19.8 Å². The Kier molecular flexibility index (Phi) is 6.97. The summed E-state index contributed by atoms with van der Waals surface area (Å²) in [4.78, 5) is 27.6. The normalized spacial score (nSPS) is 14.9. The molecular formula is C22H25N3O4. The number of amides is 1. The van der Waals surface area contributed by atoms with E-state index in [2.05, 4.69) is 29.2 Å². The molecule has 0 N–H and O–H groups in total. The van der Waals surface area contributed by atoms with Gasteiger partial charge in [-0.2, -0.15) is 0 Å². The van der Waals surface area contributed by atoms with Gasteiger partial charge in [0, 0.05) is 44.4 Å². The first-order valence-corrected chi connectivity index (χ1v) is 9.73. The molecule has 2 aromatic rings. The number of hydrogen-bond acceptors (Lipinski definition) is 5. The Hall–Kier alpha value is -3.19. The molecule has 1 amide bonds. The van der Waals surface area contributed by atoms with Crippen molar-refractivity contribution >= 4 is 17.7 Å². The maximum atomic E-state index is 12.8. The summed E-state index contributed by atoms with van der Waals surface area (Å²) in [6.07, 6.45) is 4.22. The molecule has 1 aliphatic rings. The van der Waals surface area contributed by atoms with Crippen molar-refractivity contribution in [3.05, 3.63) is 75.8 Å². The molecule has 7 heteroatoms. The topological polar surface area (TPSA) is 75.9 Å². The lowest BCUT2D eigenvalue weighted by molar-refractivity contribution is -0.385. The number of carbonyl (C=O) groups excluding carboxylic acids is 1. The Labute approximate surface area is 170 Å². The van der Waals surface area contributed by atoms with E-state index in [0.717, 1.165) is 19.6 Å². The molecule has 1 heterocycles. The second kappa shape index (κ2) is 9.84. The van der Waals surface area contributed by atoms with Gasteiger partial charge in [0.1, 0.15) is 0 Å². The number of benzene rings is 2. The van der Waals surface area contributed by atoms with E-state index in [0.29, 0.717) is 25.3 Å². The minimum atomic E-state index is -0.515. The minimum Gasteiger partial charge on any atom is -0.487 e. The van der Waals surface area contributed by atoms with Crippen molar-refractivity contribution in [3.63, 3.8) is 0 Å². The smallest absolute Gasteiger partial charge is 0.311 e.